The summed E-state index contributed by atoms with van der Waals surface area (Å²) in [7, 11) is 0. The largest absolute Gasteiger partial charge is 0.378 e. The average Bonchev–Trinajstić information content (AvgIpc) is 2.43. The van der Waals surface area contributed by atoms with Gasteiger partial charge in [0.2, 0.25) is 0 Å². The molecule has 1 atom stereocenters. The molecule has 110 valence electrons. The predicted molar refractivity (Wildman–Crippen MR) is 86.1 cm³/mol. The Hall–Kier alpha value is -2.07. The van der Waals surface area contributed by atoms with Crippen LogP contribution in [0.1, 0.15) is 29.7 Å². The summed E-state index contributed by atoms with van der Waals surface area (Å²) in [5.74, 6) is 0. The molecule has 0 spiro atoms. The number of benzene rings is 2. The molecule has 0 radical (unpaired) electrons. The minimum Gasteiger partial charge on any atom is -0.378 e. The topological polar surface area (TPSA) is 55.2 Å². The highest BCUT2D eigenvalue weighted by Gasteiger charge is 2.14. The second-order valence-electron chi connectivity index (χ2n) is 5.13. The van der Waals surface area contributed by atoms with Crippen molar-refractivity contribution in [3.63, 3.8) is 0 Å². The summed E-state index contributed by atoms with van der Waals surface area (Å²) in [4.78, 5) is 10.7. The van der Waals surface area contributed by atoms with Gasteiger partial charge in [0.05, 0.1) is 4.92 Å². The third kappa shape index (κ3) is 3.52. The monoisotopic (exact) mass is 304 g/mol. The molecule has 2 rings (SSSR count). The van der Waals surface area contributed by atoms with Crippen molar-refractivity contribution in [2.75, 3.05) is 5.32 Å². The maximum absolute atomic E-state index is 11.0. The molecule has 1 unspecified atom stereocenters. The lowest BCUT2D eigenvalue weighted by atomic mass is 10.0. The molecule has 2 aromatic rings. The number of rotatable bonds is 4. The second-order valence-corrected chi connectivity index (χ2v) is 5.54. The van der Waals surface area contributed by atoms with E-state index in [1.807, 2.05) is 38.1 Å². The number of nitro groups is 1. The SMILES string of the molecule is Cc1ccc(NC(C)c2ccc(C)c([N+](=O)[O-])c2)cc1Cl. The minimum absolute atomic E-state index is 0.0527. The molecule has 0 amide bonds. The van der Waals surface area contributed by atoms with E-state index >= 15 is 0 Å². The van der Waals surface area contributed by atoms with E-state index in [0.29, 0.717) is 10.6 Å². The highest BCUT2D eigenvalue weighted by atomic mass is 35.5. The first-order valence-corrected chi connectivity index (χ1v) is 7.04. The van der Waals surface area contributed by atoms with E-state index in [2.05, 4.69) is 5.32 Å². The van der Waals surface area contributed by atoms with Gasteiger partial charge in [0, 0.05) is 28.4 Å². The smallest absolute Gasteiger partial charge is 0.272 e. The van der Waals surface area contributed by atoms with E-state index in [4.69, 9.17) is 11.6 Å². The molecule has 1 N–H and O–H groups in total. The number of nitrogens with zero attached hydrogens (tertiary/aromatic N) is 1. The zero-order chi connectivity index (χ0) is 15.6. The van der Waals surface area contributed by atoms with Crippen molar-refractivity contribution < 1.29 is 4.92 Å². The highest BCUT2D eigenvalue weighted by Crippen LogP contribution is 2.27. The van der Waals surface area contributed by atoms with Gasteiger partial charge in [0.25, 0.3) is 5.69 Å². The Labute approximate surface area is 128 Å². The van der Waals surface area contributed by atoms with Crippen LogP contribution in [0.4, 0.5) is 11.4 Å². The Morgan fingerprint density at radius 1 is 1.14 bits per heavy atom. The number of nitrogens with one attached hydrogen (secondary N) is 1. The Bertz CT molecular complexity index is 686. The number of halogens is 1. The molecule has 21 heavy (non-hydrogen) atoms. The van der Waals surface area contributed by atoms with Crippen molar-refractivity contribution in [3.8, 4) is 0 Å². The summed E-state index contributed by atoms with van der Waals surface area (Å²) >= 11 is 6.10. The maximum atomic E-state index is 11.0. The van der Waals surface area contributed by atoms with Crippen molar-refractivity contribution in [3.05, 3.63) is 68.2 Å². The lowest BCUT2D eigenvalue weighted by Crippen LogP contribution is -2.07. The van der Waals surface area contributed by atoms with Gasteiger partial charge < -0.3 is 5.32 Å². The normalized spacial score (nSPS) is 12.0. The zero-order valence-corrected chi connectivity index (χ0v) is 12.9. The molecule has 0 aliphatic heterocycles. The van der Waals surface area contributed by atoms with Gasteiger partial charge >= 0.3 is 0 Å². The second kappa shape index (κ2) is 6.14. The van der Waals surface area contributed by atoms with E-state index in [1.165, 1.54) is 0 Å². The van der Waals surface area contributed by atoms with E-state index in [9.17, 15) is 10.1 Å². The zero-order valence-electron chi connectivity index (χ0n) is 12.2. The summed E-state index contributed by atoms with van der Waals surface area (Å²) in [5, 5.41) is 15.0. The molecular weight excluding hydrogens is 288 g/mol. The van der Waals surface area contributed by atoms with Gasteiger partial charge in [-0.3, -0.25) is 10.1 Å². The lowest BCUT2D eigenvalue weighted by Gasteiger charge is -2.16. The van der Waals surface area contributed by atoms with Crippen LogP contribution in [0.2, 0.25) is 5.02 Å². The lowest BCUT2D eigenvalue weighted by molar-refractivity contribution is -0.385. The number of hydrogen-bond donors (Lipinski definition) is 1. The van der Waals surface area contributed by atoms with Crippen LogP contribution in [0.15, 0.2) is 36.4 Å². The maximum Gasteiger partial charge on any atom is 0.272 e. The quantitative estimate of drug-likeness (QED) is 0.636. The van der Waals surface area contributed by atoms with Gasteiger partial charge in [-0.25, -0.2) is 0 Å². The fourth-order valence-electron chi connectivity index (χ4n) is 2.11. The van der Waals surface area contributed by atoms with E-state index < -0.39 is 0 Å². The number of nitro benzene ring substituents is 1. The van der Waals surface area contributed by atoms with Crippen LogP contribution >= 0.6 is 11.6 Å². The van der Waals surface area contributed by atoms with Crippen LogP contribution in [0, 0.1) is 24.0 Å². The first-order chi connectivity index (χ1) is 9.88. The molecular formula is C16H17ClN2O2. The van der Waals surface area contributed by atoms with Gasteiger partial charge in [-0.05, 0) is 44.0 Å². The van der Waals surface area contributed by atoms with Crippen molar-refractivity contribution >= 4 is 23.0 Å². The first-order valence-electron chi connectivity index (χ1n) is 6.66. The van der Waals surface area contributed by atoms with E-state index in [0.717, 1.165) is 16.8 Å². The average molecular weight is 305 g/mol. The molecule has 0 heterocycles. The molecule has 0 saturated heterocycles. The minimum atomic E-state index is -0.353. The molecule has 5 heteroatoms. The van der Waals surface area contributed by atoms with Crippen molar-refractivity contribution in [1.29, 1.82) is 0 Å². The highest BCUT2D eigenvalue weighted by molar-refractivity contribution is 6.31. The summed E-state index contributed by atoms with van der Waals surface area (Å²) in [5.41, 5.74) is 3.57. The summed E-state index contributed by atoms with van der Waals surface area (Å²) < 4.78 is 0. The van der Waals surface area contributed by atoms with Gasteiger partial charge in [0.1, 0.15) is 0 Å². The van der Waals surface area contributed by atoms with Crippen molar-refractivity contribution in [2.24, 2.45) is 0 Å². The Balaban J connectivity index is 2.23. The Morgan fingerprint density at radius 3 is 2.43 bits per heavy atom. The third-order valence-corrected chi connectivity index (χ3v) is 3.89. The number of aryl methyl sites for hydroxylation is 2. The molecule has 0 saturated carbocycles. The van der Waals surface area contributed by atoms with Crippen molar-refractivity contribution in [1.82, 2.24) is 0 Å². The molecule has 4 nitrogen and oxygen atoms in total. The Kier molecular flexibility index (Phi) is 4.48. The third-order valence-electron chi connectivity index (χ3n) is 3.48. The molecule has 0 fully saturated rings. The van der Waals surface area contributed by atoms with Crippen LogP contribution in [0.25, 0.3) is 0 Å². The Morgan fingerprint density at radius 2 is 1.81 bits per heavy atom. The van der Waals surface area contributed by atoms with Crippen LogP contribution in [-0.2, 0) is 0 Å². The van der Waals surface area contributed by atoms with E-state index in [1.54, 1.807) is 19.1 Å². The number of hydrogen-bond acceptors (Lipinski definition) is 3. The molecule has 0 bridgehead atoms. The van der Waals surface area contributed by atoms with Gasteiger partial charge in [0.15, 0.2) is 0 Å². The summed E-state index contributed by atoms with van der Waals surface area (Å²) in [6, 6.07) is 11.0. The van der Waals surface area contributed by atoms with Gasteiger partial charge in [-0.1, -0.05) is 29.8 Å². The van der Waals surface area contributed by atoms with Gasteiger partial charge in [-0.2, -0.15) is 0 Å². The van der Waals surface area contributed by atoms with Crippen molar-refractivity contribution in [2.45, 2.75) is 26.8 Å². The van der Waals surface area contributed by atoms with Crippen LogP contribution in [0.5, 0.6) is 0 Å². The number of anilines is 1. The predicted octanol–water partition coefficient (Wildman–Crippen LogP) is 5.04. The summed E-state index contributed by atoms with van der Waals surface area (Å²) in [6.45, 7) is 5.64. The fourth-order valence-corrected chi connectivity index (χ4v) is 2.29. The first kappa shape index (κ1) is 15.3. The molecule has 0 aliphatic carbocycles. The fraction of sp³-hybridized carbons (Fsp3) is 0.250. The summed E-state index contributed by atoms with van der Waals surface area (Å²) in [6.07, 6.45) is 0. The van der Waals surface area contributed by atoms with Crippen LogP contribution < -0.4 is 5.32 Å². The van der Waals surface area contributed by atoms with Crippen LogP contribution in [-0.4, -0.2) is 4.92 Å². The van der Waals surface area contributed by atoms with Gasteiger partial charge in [-0.15, -0.1) is 0 Å². The standard InChI is InChI=1S/C16H17ClN2O2/c1-10-5-7-14(9-15(10)17)18-12(3)13-6-4-11(2)16(8-13)19(20)21/h4-9,12,18H,1-3H3. The molecule has 0 aromatic heterocycles. The molecule has 0 aliphatic rings. The van der Waals surface area contributed by atoms with Crippen LogP contribution in [0.3, 0.4) is 0 Å². The molecule has 2 aromatic carbocycles. The van der Waals surface area contributed by atoms with E-state index in [-0.39, 0.29) is 16.7 Å².